The minimum atomic E-state index is -0.156. The highest BCUT2D eigenvalue weighted by atomic mass is 16.1. The summed E-state index contributed by atoms with van der Waals surface area (Å²) in [6.45, 7) is 2.75. The third kappa shape index (κ3) is 4.34. The van der Waals surface area contributed by atoms with Crippen molar-refractivity contribution in [3.8, 4) is 11.4 Å². The molecule has 10 nitrogen and oxygen atoms in total. The largest absolute Gasteiger partial charge is 0.378 e. The number of pyridine rings is 1. The van der Waals surface area contributed by atoms with Gasteiger partial charge in [0.1, 0.15) is 11.6 Å². The Morgan fingerprint density at radius 2 is 1.94 bits per heavy atom. The first-order chi connectivity index (χ1) is 15.7. The van der Waals surface area contributed by atoms with Gasteiger partial charge >= 0.3 is 0 Å². The predicted octanol–water partition coefficient (Wildman–Crippen LogP) is 2.64. The van der Waals surface area contributed by atoms with Crippen molar-refractivity contribution in [2.45, 2.75) is 38.9 Å². The zero-order chi connectivity index (χ0) is 21.9. The summed E-state index contributed by atoms with van der Waals surface area (Å²) in [6, 6.07) is 11.6. The second-order valence-corrected chi connectivity index (χ2v) is 7.74. The van der Waals surface area contributed by atoms with Gasteiger partial charge in [-0.2, -0.15) is 0 Å². The Hall–Kier alpha value is -4.08. The standard InChI is InChI=1S/C22H23N9O/c1-14-27-29-20(31(14)18-5-6-18)13-25-22(32)16-3-2-4-17(11-16)24-12-19-26-21(30-28-19)15-7-9-23-10-8-15/h2-4,7-11,18,24H,5-6,12-13H2,1H3,(H,25,32)(H,26,28,30). The molecule has 0 bridgehead atoms. The summed E-state index contributed by atoms with van der Waals surface area (Å²) in [5, 5.41) is 22.9. The molecule has 0 aliphatic heterocycles. The molecule has 1 aromatic carbocycles. The average molecular weight is 429 g/mol. The lowest BCUT2D eigenvalue weighted by Crippen LogP contribution is -2.25. The number of benzene rings is 1. The van der Waals surface area contributed by atoms with Crippen LogP contribution in [0.4, 0.5) is 5.69 Å². The van der Waals surface area contributed by atoms with Gasteiger partial charge in [0, 0.05) is 35.2 Å². The fourth-order valence-electron chi connectivity index (χ4n) is 3.58. The van der Waals surface area contributed by atoms with Crippen LogP contribution in [-0.2, 0) is 13.1 Å². The number of rotatable bonds is 8. The molecule has 3 heterocycles. The van der Waals surface area contributed by atoms with E-state index in [1.807, 2.05) is 37.3 Å². The van der Waals surface area contributed by atoms with Gasteiger partial charge in [-0.05, 0) is 50.1 Å². The quantitative estimate of drug-likeness (QED) is 0.393. The van der Waals surface area contributed by atoms with Crippen LogP contribution in [0.5, 0.6) is 0 Å². The van der Waals surface area contributed by atoms with Crippen LogP contribution in [0.1, 0.15) is 46.7 Å². The Labute approximate surface area is 184 Å². The zero-order valence-electron chi connectivity index (χ0n) is 17.6. The van der Waals surface area contributed by atoms with Crippen molar-refractivity contribution in [2.75, 3.05) is 5.32 Å². The SMILES string of the molecule is Cc1nnc(CNC(=O)c2cccc(NCc3nnc(-c4ccncc4)[nH]3)c2)n1C1CC1. The predicted molar refractivity (Wildman–Crippen MR) is 118 cm³/mol. The molecule has 0 spiro atoms. The smallest absolute Gasteiger partial charge is 0.251 e. The molecule has 3 aromatic heterocycles. The van der Waals surface area contributed by atoms with Crippen molar-refractivity contribution in [2.24, 2.45) is 0 Å². The molecule has 1 fully saturated rings. The maximum atomic E-state index is 12.7. The van der Waals surface area contributed by atoms with Gasteiger partial charge in [0.25, 0.3) is 5.91 Å². The highest BCUT2D eigenvalue weighted by Gasteiger charge is 2.28. The molecule has 1 amide bonds. The Morgan fingerprint density at radius 1 is 1.09 bits per heavy atom. The molecule has 0 unspecified atom stereocenters. The summed E-state index contributed by atoms with van der Waals surface area (Å²) < 4.78 is 2.12. The molecule has 32 heavy (non-hydrogen) atoms. The summed E-state index contributed by atoms with van der Waals surface area (Å²) in [7, 11) is 0. The lowest BCUT2D eigenvalue weighted by molar-refractivity contribution is 0.0949. The first-order valence-electron chi connectivity index (χ1n) is 10.5. The monoisotopic (exact) mass is 429 g/mol. The van der Waals surface area contributed by atoms with Crippen LogP contribution in [0.2, 0.25) is 0 Å². The van der Waals surface area contributed by atoms with E-state index in [-0.39, 0.29) is 5.91 Å². The summed E-state index contributed by atoms with van der Waals surface area (Å²) in [5.41, 5.74) is 2.31. The minimum Gasteiger partial charge on any atom is -0.378 e. The van der Waals surface area contributed by atoms with Crippen LogP contribution < -0.4 is 10.6 Å². The molecular formula is C22H23N9O. The van der Waals surface area contributed by atoms with Gasteiger partial charge in [-0.15, -0.1) is 20.4 Å². The maximum absolute atomic E-state index is 12.7. The lowest BCUT2D eigenvalue weighted by Gasteiger charge is -2.09. The van der Waals surface area contributed by atoms with E-state index in [1.54, 1.807) is 18.5 Å². The van der Waals surface area contributed by atoms with Gasteiger partial charge in [0.2, 0.25) is 0 Å². The van der Waals surface area contributed by atoms with Crippen molar-refractivity contribution in [3.63, 3.8) is 0 Å². The fourth-order valence-corrected chi connectivity index (χ4v) is 3.58. The molecule has 1 aliphatic rings. The molecule has 3 N–H and O–H groups in total. The second kappa shape index (κ2) is 8.58. The van der Waals surface area contributed by atoms with Gasteiger partial charge in [0.05, 0.1) is 13.1 Å². The van der Waals surface area contributed by atoms with Gasteiger partial charge in [0.15, 0.2) is 11.6 Å². The van der Waals surface area contributed by atoms with E-state index in [2.05, 4.69) is 45.6 Å². The van der Waals surface area contributed by atoms with Gasteiger partial charge in [-0.1, -0.05) is 6.07 Å². The molecule has 0 saturated heterocycles. The van der Waals surface area contributed by atoms with E-state index >= 15 is 0 Å². The van der Waals surface area contributed by atoms with Gasteiger partial charge in [-0.3, -0.25) is 9.78 Å². The Kier molecular flexibility index (Phi) is 5.32. The molecule has 4 aromatic rings. The van der Waals surface area contributed by atoms with E-state index in [4.69, 9.17) is 0 Å². The van der Waals surface area contributed by atoms with Gasteiger partial charge in [-0.25, -0.2) is 0 Å². The number of carbonyl (C=O) groups excluding carboxylic acids is 1. The molecule has 162 valence electrons. The zero-order valence-corrected chi connectivity index (χ0v) is 17.6. The van der Waals surface area contributed by atoms with E-state index in [9.17, 15) is 4.79 Å². The first kappa shape index (κ1) is 19.9. The van der Waals surface area contributed by atoms with Gasteiger partial charge < -0.3 is 20.2 Å². The number of nitrogens with one attached hydrogen (secondary N) is 3. The summed E-state index contributed by atoms with van der Waals surface area (Å²) in [4.78, 5) is 19.9. The van der Waals surface area contributed by atoms with Crippen molar-refractivity contribution in [3.05, 3.63) is 71.8 Å². The molecule has 5 rings (SSSR count). The number of amides is 1. The fraction of sp³-hybridized carbons (Fsp3) is 0.273. The van der Waals surface area contributed by atoms with Crippen molar-refractivity contribution >= 4 is 11.6 Å². The van der Waals surface area contributed by atoms with Crippen molar-refractivity contribution in [1.82, 2.24) is 40.2 Å². The Bertz CT molecular complexity index is 1230. The third-order valence-electron chi connectivity index (χ3n) is 5.33. The number of aromatic nitrogens is 7. The van der Waals surface area contributed by atoms with Crippen LogP contribution in [0.15, 0.2) is 48.8 Å². The second-order valence-electron chi connectivity index (χ2n) is 7.74. The highest BCUT2D eigenvalue weighted by molar-refractivity contribution is 5.95. The van der Waals surface area contributed by atoms with Crippen molar-refractivity contribution < 1.29 is 4.79 Å². The normalized spacial score (nSPS) is 13.2. The summed E-state index contributed by atoms with van der Waals surface area (Å²) in [5.74, 6) is 2.91. The number of carbonyl (C=O) groups is 1. The number of nitrogens with zero attached hydrogens (tertiary/aromatic N) is 6. The van der Waals surface area contributed by atoms with E-state index in [1.165, 1.54) is 0 Å². The number of hydrogen-bond acceptors (Lipinski definition) is 7. The van der Waals surface area contributed by atoms with Crippen LogP contribution in [0.3, 0.4) is 0 Å². The number of aryl methyl sites for hydroxylation is 1. The minimum absolute atomic E-state index is 0.156. The Balaban J connectivity index is 1.19. The number of aromatic amines is 1. The highest BCUT2D eigenvalue weighted by Crippen LogP contribution is 2.36. The summed E-state index contributed by atoms with van der Waals surface area (Å²) >= 11 is 0. The number of H-pyrrole nitrogens is 1. The maximum Gasteiger partial charge on any atom is 0.251 e. The van der Waals surface area contributed by atoms with E-state index in [0.717, 1.165) is 35.7 Å². The van der Waals surface area contributed by atoms with Crippen LogP contribution in [0, 0.1) is 6.92 Å². The van der Waals surface area contributed by atoms with Crippen LogP contribution in [0.25, 0.3) is 11.4 Å². The van der Waals surface area contributed by atoms with E-state index < -0.39 is 0 Å². The lowest BCUT2D eigenvalue weighted by atomic mass is 10.2. The molecule has 10 heteroatoms. The molecule has 1 saturated carbocycles. The van der Waals surface area contributed by atoms with Crippen LogP contribution in [-0.4, -0.2) is 40.8 Å². The average Bonchev–Trinajstić information content (AvgIpc) is 3.42. The molecular weight excluding hydrogens is 406 g/mol. The topological polar surface area (TPSA) is 126 Å². The molecule has 0 radical (unpaired) electrons. The third-order valence-corrected chi connectivity index (χ3v) is 5.33. The van der Waals surface area contributed by atoms with Crippen LogP contribution >= 0.6 is 0 Å². The van der Waals surface area contributed by atoms with Crippen molar-refractivity contribution in [1.29, 1.82) is 0 Å². The molecule has 1 aliphatic carbocycles. The first-order valence-corrected chi connectivity index (χ1v) is 10.5. The Morgan fingerprint density at radius 3 is 2.75 bits per heavy atom. The summed E-state index contributed by atoms with van der Waals surface area (Å²) in [6.07, 6.45) is 5.71. The number of anilines is 1. The molecule has 0 atom stereocenters. The number of hydrogen-bond donors (Lipinski definition) is 3. The van der Waals surface area contributed by atoms with E-state index in [0.29, 0.717) is 36.3 Å².